The number of fused-ring (bicyclic) bond motifs is 1. The van der Waals surface area contributed by atoms with Crippen LogP contribution in [0.25, 0.3) is 5.70 Å². The molecule has 2 nitrogen and oxygen atoms in total. The van der Waals surface area contributed by atoms with Gasteiger partial charge in [-0.25, -0.2) is 0 Å². The van der Waals surface area contributed by atoms with Crippen LogP contribution in [0, 0.1) is 6.92 Å². The number of nitrogens with zero attached hydrogens (tertiary/aromatic N) is 2. The zero-order valence-electron chi connectivity index (χ0n) is 11.2. The SMILES string of the molecule is CC1=C(N=Nc2ccccc2C)c2ccccc2C1. The summed E-state index contributed by atoms with van der Waals surface area (Å²) in [6.45, 7) is 4.18. The predicted octanol–water partition coefficient (Wildman–Crippen LogP) is 5.07. The first-order valence-corrected chi connectivity index (χ1v) is 6.51. The minimum absolute atomic E-state index is 0.937. The minimum atomic E-state index is 0.937. The first-order chi connectivity index (χ1) is 9.25. The third kappa shape index (κ3) is 2.22. The highest BCUT2D eigenvalue weighted by Crippen LogP contribution is 2.34. The largest absolute Gasteiger partial charge is 0.150 e. The van der Waals surface area contributed by atoms with Crippen LogP contribution in [-0.4, -0.2) is 0 Å². The second-order valence-electron chi connectivity index (χ2n) is 4.95. The van der Waals surface area contributed by atoms with Gasteiger partial charge in [-0.1, -0.05) is 42.5 Å². The Morgan fingerprint density at radius 2 is 1.58 bits per heavy atom. The van der Waals surface area contributed by atoms with Crippen molar-refractivity contribution < 1.29 is 0 Å². The van der Waals surface area contributed by atoms with Crippen molar-refractivity contribution in [3.05, 3.63) is 70.8 Å². The maximum atomic E-state index is 4.48. The summed E-state index contributed by atoms with van der Waals surface area (Å²) in [5.41, 5.74) is 6.97. The smallest absolute Gasteiger partial charge is 0.0924 e. The summed E-state index contributed by atoms with van der Waals surface area (Å²) in [4.78, 5) is 0. The van der Waals surface area contributed by atoms with Gasteiger partial charge in [0.2, 0.25) is 0 Å². The number of rotatable bonds is 2. The molecule has 3 rings (SSSR count). The molecule has 0 fully saturated rings. The van der Waals surface area contributed by atoms with Gasteiger partial charge in [0, 0.05) is 5.56 Å². The molecule has 19 heavy (non-hydrogen) atoms. The fraction of sp³-hybridized carbons (Fsp3) is 0.176. The van der Waals surface area contributed by atoms with Crippen LogP contribution in [0.2, 0.25) is 0 Å². The Morgan fingerprint density at radius 3 is 2.42 bits per heavy atom. The highest BCUT2D eigenvalue weighted by atomic mass is 15.1. The van der Waals surface area contributed by atoms with E-state index in [-0.39, 0.29) is 0 Å². The highest BCUT2D eigenvalue weighted by molar-refractivity contribution is 5.75. The van der Waals surface area contributed by atoms with Gasteiger partial charge in [-0.05, 0) is 43.0 Å². The summed E-state index contributed by atoms with van der Waals surface area (Å²) >= 11 is 0. The molecule has 0 aliphatic heterocycles. The van der Waals surface area contributed by atoms with Crippen LogP contribution in [0.15, 0.2) is 64.3 Å². The molecule has 2 aromatic carbocycles. The molecule has 0 unspecified atom stereocenters. The molecule has 0 saturated carbocycles. The van der Waals surface area contributed by atoms with E-state index >= 15 is 0 Å². The lowest BCUT2D eigenvalue weighted by Crippen LogP contribution is -1.81. The van der Waals surface area contributed by atoms with Crippen LogP contribution in [-0.2, 0) is 6.42 Å². The minimum Gasteiger partial charge on any atom is -0.150 e. The normalized spacial score (nSPS) is 14.2. The zero-order chi connectivity index (χ0) is 13.2. The molecular weight excluding hydrogens is 232 g/mol. The molecule has 0 aromatic heterocycles. The molecule has 0 spiro atoms. The first-order valence-electron chi connectivity index (χ1n) is 6.51. The van der Waals surface area contributed by atoms with Crippen molar-refractivity contribution in [3.8, 4) is 0 Å². The van der Waals surface area contributed by atoms with E-state index in [9.17, 15) is 0 Å². The van der Waals surface area contributed by atoms with Gasteiger partial charge in [0.25, 0.3) is 0 Å². The molecule has 0 bridgehead atoms. The summed E-state index contributed by atoms with van der Waals surface area (Å²) in [5.74, 6) is 0. The molecule has 0 atom stereocenters. The lowest BCUT2D eigenvalue weighted by molar-refractivity contribution is 1.17. The molecule has 0 N–H and O–H groups in total. The molecule has 1 aliphatic rings. The Balaban J connectivity index is 1.96. The molecule has 0 radical (unpaired) electrons. The van der Waals surface area contributed by atoms with Gasteiger partial charge in [0.1, 0.15) is 0 Å². The number of aryl methyl sites for hydroxylation is 1. The molecule has 2 heteroatoms. The van der Waals surface area contributed by atoms with Gasteiger partial charge >= 0.3 is 0 Å². The molecule has 0 saturated heterocycles. The van der Waals surface area contributed by atoms with Gasteiger partial charge < -0.3 is 0 Å². The first kappa shape index (κ1) is 11.8. The van der Waals surface area contributed by atoms with Crippen LogP contribution in [0.4, 0.5) is 5.69 Å². The van der Waals surface area contributed by atoms with Crippen LogP contribution in [0.3, 0.4) is 0 Å². The van der Waals surface area contributed by atoms with E-state index in [1.807, 2.05) is 18.2 Å². The van der Waals surface area contributed by atoms with Gasteiger partial charge in [0.05, 0.1) is 11.4 Å². The van der Waals surface area contributed by atoms with Crippen LogP contribution < -0.4 is 0 Å². The van der Waals surface area contributed by atoms with Crippen molar-refractivity contribution in [2.45, 2.75) is 20.3 Å². The maximum absolute atomic E-state index is 4.48. The molecule has 2 aromatic rings. The van der Waals surface area contributed by atoms with Crippen molar-refractivity contribution >= 4 is 11.4 Å². The molecule has 94 valence electrons. The van der Waals surface area contributed by atoms with Crippen molar-refractivity contribution in [1.82, 2.24) is 0 Å². The highest BCUT2D eigenvalue weighted by Gasteiger charge is 2.17. The van der Waals surface area contributed by atoms with Crippen molar-refractivity contribution in [3.63, 3.8) is 0 Å². The Labute approximate surface area is 113 Å². The van der Waals surface area contributed by atoms with E-state index < -0.39 is 0 Å². The number of benzene rings is 2. The second kappa shape index (κ2) is 4.81. The van der Waals surface area contributed by atoms with Crippen LogP contribution in [0.5, 0.6) is 0 Å². The summed E-state index contributed by atoms with van der Waals surface area (Å²) < 4.78 is 0. The number of hydrogen-bond donors (Lipinski definition) is 0. The van der Waals surface area contributed by atoms with E-state index in [1.54, 1.807) is 0 Å². The Kier molecular flexibility index (Phi) is 3.00. The van der Waals surface area contributed by atoms with Gasteiger partial charge in [-0.2, -0.15) is 5.11 Å². The summed E-state index contributed by atoms with van der Waals surface area (Å²) in [7, 11) is 0. The van der Waals surface area contributed by atoms with Crippen LogP contribution >= 0.6 is 0 Å². The zero-order valence-corrected chi connectivity index (χ0v) is 11.2. The average Bonchev–Trinajstić information content (AvgIpc) is 2.74. The standard InChI is InChI=1S/C17H16N2/c1-12-7-3-6-10-16(12)18-19-17-13(2)11-14-8-4-5-9-15(14)17/h3-10H,11H2,1-2H3. The van der Waals surface area contributed by atoms with Gasteiger partial charge in [0.15, 0.2) is 0 Å². The third-order valence-corrected chi connectivity index (χ3v) is 3.51. The monoisotopic (exact) mass is 248 g/mol. The lowest BCUT2D eigenvalue weighted by atomic mass is 10.1. The second-order valence-corrected chi connectivity index (χ2v) is 4.95. The number of azo groups is 1. The quantitative estimate of drug-likeness (QED) is 0.663. The van der Waals surface area contributed by atoms with E-state index in [0.717, 1.165) is 23.4 Å². The van der Waals surface area contributed by atoms with Gasteiger partial charge in [-0.15, -0.1) is 5.11 Å². The van der Waals surface area contributed by atoms with Crippen molar-refractivity contribution in [2.24, 2.45) is 10.2 Å². The molecule has 1 aliphatic carbocycles. The Hall–Kier alpha value is -2.22. The van der Waals surface area contributed by atoms with E-state index in [0.29, 0.717) is 0 Å². The molecule has 0 amide bonds. The molecule has 0 heterocycles. The fourth-order valence-electron chi connectivity index (χ4n) is 2.42. The van der Waals surface area contributed by atoms with E-state index in [2.05, 4.69) is 54.4 Å². The number of hydrogen-bond acceptors (Lipinski definition) is 2. The van der Waals surface area contributed by atoms with Crippen molar-refractivity contribution in [2.75, 3.05) is 0 Å². The number of allylic oxidation sites excluding steroid dienone is 1. The van der Waals surface area contributed by atoms with Crippen LogP contribution in [0.1, 0.15) is 23.6 Å². The maximum Gasteiger partial charge on any atom is 0.0924 e. The molecular formula is C17H16N2. The predicted molar refractivity (Wildman–Crippen MR) is 78.4 cm³/mol. The summed E-state index contributed by atoms with van der Waals surface area (Å²) in [6.07, 6.45) is 0.984. The summed E-state index contributed by atoms with van der Waals surface area (Å²) in [6, 6.07) is 16.5. The lowest BCUT2D eigenvalue weighted by Gasteiger charge is -2.00. The summed E-state index contributed by atoms with van der Waals surface area (Å²) in [5, 5.41) is 8.89. The third-order valence-electron chi connectivity index (χ3n) is 3.51. The Morgan fingerprint density at radius 1 is 0.842 bits per heavy atom. The average molecular weight is 248 g/mol. The topological polar surface area (TPSA) is 24.7 Å². The fourth-order valence-corrected chi connectivity index (χ4v) is 2.42. The Bertz CT molecular complexity index is 681. The van der Waals surface area contributed by atoms with Gasteiger partial charge in [-0.3, -0.25) is 0 Å². The van der Waals surface area contributed by atoms with E-state index in [4.69, 9.17) is 0 Å². The van der Waals surface area contributed by atoms with Crippen molar-refractivity contribution in [1.29, 1.82) is 0 Å². The van der Waals surface area contributed by atoms with E-state index in [1.165, 1.54) is 16.7 Å².